The SMILES string of the molecule is COC(=O)c1ccc([N+](=O)[O-])c(SC2COC2)n1. The number of hydrogen-bond acceptors (Lipinski definition) is 7. The van der Waals surface area contributed by atoms with E-state index in [-0.39, 0.29) is 21.7 Å². The number of carbonyl (C=O) groups is 1. The van der Waals surface area contributed by atoms with Gasteiger partial charge in [0.05, 0.1) is 30.5 Å². The largest absolute Gasteiger partial charge is 0.464 e. The van der Waals surface area contributed by atoms with Crippen LogP contribution in [0.4, 0.5) is 5.69 Å². The minimum Gasteiger partial charge on any atom is -0.464 e. The Balaban J connectivity index is 2.30. The van der Waals surface area contributed by atoms with Crippen molar-refractivity contribution in [3.63, 3.8) is 0 Å². The molecule has 0 aliphatic carbocycles. The number of carbonyl (C=O) groups excluding carboxylic acids is 1. The van der Waals surface area contributed by atoms with Crippen molar-refractivity contribution in [3.8, 4) is 0 Å². The van der Waals surface area contributed by atoms with Crippen LogP contribution in [0.1, 0.15) is 10.5 Å². The summed E-state index contributed by atoms with van der Waals surface area (Å²) in [4.78, 5) is 25.7. The molecule has 7 nitrogen and oxygen atoms in total. The van der Waals surface area contributed by atoms with Gasteiger partial charge in [-0.3, -0.25) is 10.1 Å². The third-order valence-corrected chi connectivity index (χ3v) is 3.45. The molecule has 0 bridgehead atoms. The predicted octanol–water partition coefficient (Wildman–Crippen LogP) is 1.27. The van der Waals surface area contributed by atoms with Crippen LogP contribution in [-0.2, 0) is 9.47 Å². The van der Waals surface area contributed by atoms with Gasteiger partial charge in [0, 0.05) is 6.07 Å². The number of rotatable bonds is 4. The summed E-state index contributed by atoms with van der Waals surface area (Å²) in [5.41, 5.74) is -0.0506. The first-order chi connectivity index (χ1) is 8.61. The molecule has 0 N–H and O–H groups in total. The fraction of sp³-hybridized carbons (Fsp3) is 0.400. The Hall–Kier alpha value is -1.67. The Morgan fingerprint density at radius 3 is 2.83 bits per heavy atom. The second kappa shape index (κ2) is 5.32. The van der Waals surface area contributed by atoms with Gasteiger partial charge in [0.25, 0.3) is 0 Å². The van der Waals surface area contributed by atoms with E-state index in [1.165, 1.54) is 31.0 Å². The Labute approximate surface area is 107 Å². The zero-order valence-corrected chi connectivity index (χ0v) is 10.3. The number of nitro groups is 1. The number of thioether (sulfide) groups is 1. The van der Waals surface area contributed by atoms with Gasteiger partial charge in [-0.1, -0.05) is 11.8 Å². The van der Waals surface area contributed by atoms with E-state index in [0.717, 1.165) is 0 Å². The monoisotopic (exact) mass is 270 g/mol. The van der Waals surface area contributed by atoms with Gasteiger partial charge in [0.1, 0.15) is 5.69 Å². The number of nitrogens with zero attached hydrogens (tertiary/aromatic N) is 2. The molecule has 0 atom stereocenters. The van der Waals surface area contributed by atoms with E-state index in [1.807, 2.05) is 0 Å². The molecule has 18 heavy (non-hydrogen) atoms. The summed E-state index contributed by atoms with van der Waals surface area (Å²) in [5.74, 6) is -0.614. The summed E-state index contributed by atoms with van der Waals surface area (Å²) >= 11 is 1.24. The lowest BCUT2D eigenvalue weighted by Crippen LogP contribution is -2.30. The summed E-state index contributed by atoms with van der Waals surface area (Å²) in [6.45, 7) is 1.07. The zero-order valence-electron chi connectivity index (χ0n) is 9.49. The van der Waals surface area contributed by atoms with Gasteiger partial charge < -0.3 is 9.47 Å². The molecule has 0 amide bonds. The first kappa shape index (κ1) is 12.8. The van der Waals surface area contributed by atoms with E-state index in [2.05, 4.69) is 9.72 Å². The normalized spacial score (nSPS) is 14.9. The van der Waals surface area contributed by atoms with Gasteiger partial charge in [-0.15, -0.1) is 0 Å². The molecule has 2 heterocycles. The Kier molecular flexibility index (Phi) is 3.78. The van der Waals surface area contributed by atoms with E-state index in [0.29, 0.717) is 13.2 Å². The highest BCUT2D eigenvalue weighted by Crippen LogP contribution is 2.33. The minimum absolute atomic E-state index is 0.0610. The number of ether oxygens (including phenoxy) is 2. The second-order valence-electron chi connectivity index (χ2n) is 3.55. The highest BCUT2D eigenvalue weighted by molar-refractivity contribution is 8.00. The molecular weight excluding hydrogens is 260 g/mol. The third kappa shape index (κ3) is 2.59. The van der Waals surface area contributed by atoms with Crippen LogP contribution in [0.15, 0.2) is 17.2 Å². The highest BCUT2D eigenvalue weighted by atomic mass is 32.2. The van der Waals surface area contributed by atoms with Crippen molar-refractivity contribution in [2.75, 3.05) is 20.3 Å². The molecule has 1 aromatic rings. The number of esters is 1. The first-order valence-electron chi connectivity index (χ1n) is 5.10. The summed E-state index contributed by atoms with van der Waals surface area (Å²) in [6, 6.07) is 2.55. The Morgan fingerprint density at radius 1 is 1.61 bits per heavy atom. The van der Waals surface area contributed by atoms with Gasteiger partial charge in [0.15, 0.2) is 5.03 Å². The van der Waals surface area contributed by atoms with Crippen LogP contribution in [0.2, 0.25) is 0 Å². The van der Waals surface area contributed by atoms with Crippen LogP contribution >= 0.6 is 11.8 Å². The summed E-state index contributed by atoms with van der Waals surface area (Å²) in [6.07, 6.45) is 0. The van der Waals surface area contributed by atoms with E-state index in [1.54, 1.807) is 0 Å². The summed E-state index contributed by atoms with van der Waals surface area (Å²) in [7, 11) is 1.23. The topological polar surface area (TPSA) is 91.6 Å². The van der Waals surface area contributed by atoms with Gasteiger partial charge in [-0.05, 0) is 6.07 Å². The quantitative estimate of drug-likeness (QED) is 0.462. The molecule has 0 radical (unpaired) electrons. The fourth-order valence-corrected chi connectivity index (χ4v) is 2.38. The van der Waals surface area contributed by atoms with Crippen LogP contribution in [0.5, 0.6) is 0 Å². The molecule has 1 aliphatic rings. The van der Waals surface area contributed by atoms with Crippen LogP contribution in [0.25, 0.3) is 0 Å². The minimum atomic E-state index is -0.614. The summed E-state index contributed by atoms with van der Waals surface area (Å²) in [5, 5.41) is 11.2. The van der Waals surface area contributed by atoms with Gasteiger partial charge in [-0.2, -0.15) is 0 Å². The van der Waals surface area contributed by atoms with Crippen LogP contribution in [-0.4, -0.2) is 41.5 Å². The number of aromatic nitrogens is 1. The molecule has 0 aromatic carbocycles. The van der Waals surface area contributed by atoms with E-state index in [9.17, 15) is 14.9 Å². The lowest BCUT2D eigenvalue weighted by molar-refractivity contribution is -0.388. The highest BCUT2D eigenvalue weighted by Gasteiger charge is 2.26. The molecule has 1 aromatic heterocycles. The van der Waals surface area contributed by atoms with Crippen LogP contribution < -0.4 is 0 Å². The van der Waals surface area contributed by atoms with E-state index < -0.39 is 10.9 Å². The maximum Gasteiger partial charge on any atom is 0.356 e. The number of methoxy groups -OCH3 is 1. The lowest BCUT2D eigenvalue weighted by Gasteiger charge is -2.24. The predicted molar refractivity (Wildman–Crippen MR) is 62.7 cm³/mol. The van der Waals surface area contributed by atoms with E-state index in [4.69, 9.17) is 4.74 Å². The van der Waals surface area contributed by atoms with Crippen LogP contribution in [0.3, 0.4) is 0 Å². The average Bonchev–Trinajstić information content (AvgIpc) is 2.32. The second-order valence-corrected chi connectivity index (χ2v) is 4.84. The van der Waals surface area contributed by atoms with Crippen molar-refractivity contribution in [1.82, 2.24) is 4.98 Å². The Bertz CT molecular complexity index is 489. The number of pyridine rings is 1. The van der Waals surface area contributed by atoms with Crippen molar-refractivity contribution in [2.45, 2.75) is 10.3 Å². The summed E-state index contributed by atoms with van der Waals surface area (Å²) < 4.78 is 9.53. The molecule has 0 spiro atoms. The van der Waals surface area contributed by atoms with Crippen LogP contribution in [0, 0.1) is 10.1 Å². The van der Waals surface area contributed by atoms with Crippen molar-refractivity contribution in [3.05, 3.63) is 27.9 Å². The lowest BCUT2D eigenvalue weighted by atomic mass is 10.3. The molecular formula is C10H10N2O5S. The average molecular weight is 270 g/mol. The van der Waals surface area contributed by atoms with Crippen molar-refractivity contribution in [2.24, 2.45) is 0 Å². The molecule has 1 aliphatic heterocycles. The molecule has 1 fully saturated rings. The molecule has 96 valence electrons. The maximum absolute atomic E-state index is 11.3. The first-order valence-corrected chi connectivity index (χ1v) is 5.98. The standard InChI is InChI=1S/C10H10N2O5S/c1-16-10(13)7-2-3-8(12(14)15)9(11-7)18-6-4-17-5-6/h2-3,6H,4-5H2,1H3. The number of hydrogen-bond donors (Lipinski definition) is 0. The van der Waals surface area contributed by atoms with Crippen molar-refractivity contribution < 1.29 is 19.2 Å². The maximum atomic E-state index is 11.3. The van der Waals surface area contributed by atoms with Crippen molar-refractivity contribution in [1.29, 1.82) is 0 Å². The smallest absolute Gasteiger partial charge is 0.356 e. The molecule has 0 saturated carbocycles. The molecule has 1 saturated heterocycles. The van der Waals surface area contributed by atoms with Gasteiger partial charge in [-0.25, -0.2) is 9.78 Å². The Morgan fingerprint density at radius 2 is 2.33 bits per heavy atom. The molecule has 0 unspecified atom stereocenters. The molecule has 2 rings (SSSR count). The molecule has 8 heteroatoms. The zero-order chi connectivity index (χ0) is 13.1. The van der Waals surface area contributed by atoms with Gasteiger partial charge >= 0.3 is 11.7 Å². The third-order valence-electron chi connectivity index (χ3n) is 2.32. The van der Waals surface area contributed by atoms with Gasteiger partial charge in [0.2, 0.25) is 0 Å². The van der Waals surface area contributed by atoms with E-state index >= 15 is 0 Å². The van der Waals surface area contributed by atoms with Crippen molar-refractivity contribution >= 4 is 23.4 Å². The fourth-order valence-electron chi connectivity index (χ4n) is 1.32.